The molecular formula is C12H19N3O2S. The smallest absolute Gasteiger partial charge is 0.238 e. The summed E-state index contributed by atoms with van der Waals surface area (Å²) < 4.78 is 22.3. The van der Waals surface area contributed by atoms with Crippen LogP contribution >= 0.6 is 0 Å². The molecule has 0 amide bonds. The summed E-state index contributed by atoms with van der Waals surface area (Å²) in [6.07, 6.45) is 1.15. The van der Waals surface area contributed by atoms with Crippen LogP contribution in [0.15, 0.2) is 29.2 Å². The first-order valence-corrected chi connectivity index (χ1v) is 7.65. The lowest BCUT2D eigenvalue weighted by molar-refractivity contribution is 0.284. The lowest BCUT2D eigenvalue weighted by Gasteiger charge is -2.19. The maximum atomic E-state index is 11.1. The highest BCUT2D eigenvalue weighted by Gasteiger charge is 2.10. The topological polar surface area (TPSA) is 75.4 Å². The van der Waals surface area contributed by atoms with E-state index < -0.39 is 10.0 Å². The quantitative estimate of drug-likeness (QED) is 0.818. The van der Waals surface area contributed by atoms with Gasteiger partial charge in [0.15, 0.2) is 0 Å². The molecule has 18 heavy (non-hydrogen) atoms. The number of sulfonamides is 1. The van der Waals surface area contributed by atoms with Gasteiger partial charge in [-0.1, -0.05) is 12.1 Å². The minimum absolute atomic E-state index is 0.170. The zero-order valence-corrected chi connectivity index (χ0v) is 11.1. The third-order valence-corrected chi connectivity index (χ3v) is 4.02. The van der Waals surface area contributed by atoms with Crippen molar-refractivity contribution in [3.63, 3.8) is 0 Å². The summed E-state index contributed by atoms with van der Waals surface area (Å²) >= 11 is 0. The molecule has 0 aliphatic carbocycles. The van der Waals surface area contributed by atoms with Crippen LogP contribution in [0.2, 0.25) is 0 Å². The molecule has 0 spiro atoms. The van der Waals surface area contributed by atoms with Gasteiger partial charge in [0.2, 0.25) is 10.0 Å². The summed E-state index contributed by atoms with van der Waals surface area (Å²) in [5.41, 5.74) is 1.12. The summed E-state index contributed by atoms with van der Waals surface area (Å²) in [5.74, 6) is 0. The van der Waals surface area contributed by atoms with E-state index in [0.717, 1.165) is 44.7 Å². The third-order valence-electron chi connectivity index (χ3n) is 3.09. The molecule has 6 heteroatoms. The van der Waals surface area contributed by atoms with E-state index in [0.29, 0.717) is 0 Å². The highest BCUT2D eigenvalue weighted by Crippen LogP contribution is 2.11. The molecule has 0 aromatic heterocycles. The zero-order valence-electron chi connectivity index (χ0n) is 10.3. The van der Waals surface area contributed by atoms with Crippen LogP contribution in [0.5, 0.6) is 0 Å². The normalized spacial score (nSPS) is 18.5. The fraction of sp³-hybridized carbons (Fsp3) is 0.500. The number of nitrogens with zero attached hydrogens (tertiary/aromatic N) is 1. The lowest BCUT2D eigenvalue weighted by Crippen LogP contribution is -2.27. The van der Waals surface area contributed by atoms with Gasteiger partial charge in [-0.05, 0) is 37.2 Å². The Morgan fingerprint density at radius 1 is 1.17 bits per heavy atom. The van der Waals surface area contributed by atoms with Crippen LogP contribution < -0.4 is 10.5 Å². The average Bonchev–Trinajstić information content (AvgIpc) is 2.57. The van der Waals surface area contributed by atoms with Crippen LogP contribution in [0.25, 0.3) is 0 Å². The van der Waals surface area contributed by atoms with Crippen LogP contribution in [0.4, 0.5) is 0 Å². The molecule has 1 saturated heterocycles. The monoisotopic (exact) mass is 269 g/mol. The van der Waals surface area contributed by atoms with Gasteiger partial charge < -0.3 is 5.32 Å². The SMILES string of the molecule is NS(=O)(=O)c1ccc(CN2CCCNCC2)cc1. The van der Waals surface area contributed by atoms with Crippen molar-refractivity contribution in [2.45, 2.75) is 17.9 Å². The van der Waals surface area contributed by atoms with Crippen molar-refractivity contribution in [2.24, 2.45) is 5.14 Å². The molecule has 1 aliphatic rings. The predicted octanol–water partition coefficient (Wildman–Crippen LogP) is 0.129. The molecule has 5 nitrogen and oxygen atoms in total. The van der Waals surface area contributed by atoms with E-state index in [4.69, 9.17) is 5.14 Å². The van der Waals surface area contributed by atoms with Gasteiger partial charge in [0.25, 0.3) is 0 Å². The van der Waals surface area contributed by atoms with E-state index in [-0.39, 0.29) is 4.90 Å². The second-order valence-electron chi connectivity index (χ2n) is 4.57. The van der Waals surface area contributed by atoms with Crippen LogP contribution in [0, 0.1) is 0 Å². The van der Waals surface area contributed by atoms with Gasteiger partial charge in [0.05, 0.1) is 4.90 Å². The Kier molecular flexibility index (Phi) is 4.34. The molecule has 0 bridgehead atoms. The molecule has 0 radical (unpaired) electrons. The molecule has 0 saturated carbocycles. The van der Waals surface area contributed by atoms with Gasteiger partial charge in [-0.15, -0.1) is 0 Å². The van der Waals surface area contributed by atoms with Crippen molar-refractivity contribution in [3.05, 3.63) is 29.8 Å². The Hall–Kier alpha value is -0.950. The first-order valence-electron chi connectivity index (χ1n) is 6.10. The molecule has 1 aromatic rings. The van der Waals surface area contributed by atoms with Crippen molar-refractivity contribution in [2.75, 3.05) is 26.2 Å². The van der Waals surface area contributed by atoms with Crippen LogP contribution in [0.3, 0.4) is 0 Å². The number of hydrogen-bond acceptors (Lipinski definition) is 4. The van der Waals surface area contributed by atoms with Crippen molar-refractivity contribution >= 4 is 10.0 Å². The van der Waals surface area contributed by atoms with Gasteiger partial charge in [-0.2, -0.15) is 0 Å². The van der Waals surface area contributed by atoms with E-state index in [9.17, 15) is 8.42 Å². The second kappa shape index (κ2) is 5.79. The van der Waals surface area contributed by atoms with E-state index in [1.165, 1.54) is 0 Å². The number of nitrogens with two attached hydrogens (primary N) is 1. The Labute approximate surface area is 108 Å². The first kappa shape index (κ1) is 13.5. The molecule has 0 atom stereocenters. The second-order valence-corrected chi connectivity index (χ2v) is 6.13. The van der Waals surface area contributed by atoms with Crippen molar-refractivity contribution < 1.29 is 8.42 Å². The fourth-order valence-electron chi connectivity index (χ4n) is 2.10. The van der Waals surface area contributed by atoms with Gasteiger partial charge >= 0.3 is 0 Å². The summed E-state index contributed by atoms with van der Waals surface area (Å²) in [4.78, 5) is 2.54. The Bertz CT molecular complexity index is 477. The van der Waals surface area contributed by atoms with E-state index in [2.05, 4.69) is 10.2 Å². The van der Waals surface area contributed by atoms with Crippen LogP contribution in [0.1, 0.15) is 12.0 Å². The van der Waals surface area contributed by atoms with Crippen molar-refractivity contribution in [1.82, 2.24) is 10.2 Å². The Morgan fingerprint density at radius 2 is 1.89 bits per heavy atom. The number of rotatable bonds is 3. The minimum Gasteiger partial charge on any atom is -0.315 e. The molecule has 3 N–H and O–H groups in total. The largest absolute Gasteiger partial charge is 0.315 e. The average molecular weight is 269 g/mol. The highest BCUT2D eigenvalue weighted by atomic mass is 32.2. The first-order chi connectivity index (χ1) is 8.55. The van der Waals surface area contributed by atoms with Crippen LogP contribution in [-0.2, 0) is 16.6 Å². The summed E-state index contributed by atoms with van der Waals surface area (Å²) in [5, 5.41) is 8.42. The molecule has 1 aliphatic heterocycles. The Morgan fingerprint density at radius 3 is 2.56 bits per heavy atom. The summed E-state index contributed by atoms with van der Waals surface area (Å²) in [7, 11) is -3.58. The number of benzene rings is 1. The molecule has 1 fully saturated rings. The van der Waals surface area contributed by atoms with Gasteiger partial charge in [0, 0.05) is 19.6 Å². The van der Waals surface area contributed by atoms with Crippen molar-refractivity contribution in [1.29, 1.82) is 0 Å². The Balaban J connectivity index is 2.01. The standard InChI is InChI=1S/C12H19N3O2S/c13-18(16,17)12-4-2-11(3-5-12)10-15-8-1-6-14-7-9-15/h2-5,14H,1,6-10H2,(H2,13,16,17). The maximum absolute atomic E-state index is 11.1. The fourth-order valence-corrected chi connectivity index (χ4v) is 2.62. The minimum atomic E-state index is -3.58. The van der Waals surface area contributed by atoms with Gasteiger partial charge in [-0.3, -0.25) is 4.90 Å². The zero-order chi connectivity index (χ0) is 13.0. The van der Waals surface area contributed by atoms with Gasteiger partial charge in [-0.25, -0.2) is 13.6 Å². The number of primary sulfonamides is 1. The lowest BCUT2D eigenvalue weighted by atomic mass is 10.2. The summed E-state index contributed by atoms with van der Waals surface area (Å²) in [6, 6.07) is 6.80. The molecule has 1 heterocycles. The van der Waals surface area contributed by atoms with E-state index in [1.54, 1.807) is 12.1 Å². The molecule has 100 valence electrons. The predicted molar refractivity (Wildman–Crippen MR) is 70.6 cm³/mol. The van der Waals surface area contributed by atoms with Gasteiger partial charge in [0.1, 0.15) is 0 Å². The molecule has 1 aromatic carbocycles. The van der Waals surface area contributed by atoms with Crippen molar-refractivity contribution in [3.8, 4) is 0 Å². The van der Waals surface area contributed by atoms with Crippen LogP contribution in [-0.4, -0.2) is 39.5 Å². The maximum Gasteiger partial charge on any atom is 0.238 e. The molecular weight excluding hydrogens is 250 g/mol. The highest BCUT2D eigenvalue weighted by molar-refractivity contribution is 7.89. The number of nitrogens with one attached hydrogen (secondary N) is 1. The molecule has 0 unspecified atom stereocenters. The third kappa shape index (κ3) is 3.78. The molecule has 2 rings (SSSR count). The summed E-state index contributed by atoms with van der Waals surface area (Å²) in [6.45, 7) is 5.03. The van der Waals surface area contributed by atoms with E-state index >= 15 is 0 Å². The van der Waals surface area contributed by atoms with E-state index in [1.807, 2.05) is 12.1 Å². The number of hydrogen-bond donors (Lipinski definition) is 2.